The first-order valence-electron chi connectivity index (χ1n) is 7.31. The van der Waals surface area contributed by atoms with Crippen LogP contribution < -0.4 is 0 Å². The molecular formula is C16H21NO. The third kappa shape index (κ3) is 1.42. The number of rotatable bonds is 2. The van der Waals surface area contributed by atoms with Crippen molar-refractivity contribution in [1.29, 1.82) is 0 Å². The molecule has 0 unspecified atom stereocenters. The van der Waals surface area contributed by atoms with E-state index in [4.69, 9.17) is 4.74 Å². The molecule has 2 nitrogen and oxygen atoms in total. The Kier molecular flexibility index (Phi) is 2.49. The van der Waals surface area contributed by atoms with Gasteiger partial charge in [0, 0.05) is 24.5 Å². The summed E-state index contributed by atoms with van der Waals surface area (Å²) in [6.07, 6.45) is 4.25. The standard InChI is InChI=1S/C16H21NO/c1-2-5-13(6-3-1)15-14-7-4-8-16(14,15)17-9-11-18-12-10-17/h1-3,5-6,14-15H,4,7-12H2/t14-,15+,16+/m0/s1. The summed E-state index contributed by atoms with van der Waals surface area (Å²) < 4.78 is 5.52. The van der Waals surface area contributed by atoms with Gasteiger partial charge in [0.2, 0.25) is 0 Å². The van der Waals surface area contributed by atoms with Crippen molar-refractivity contribution >= 4 is 0 Å². The minimum Gasteiger partial charge on any atom is -0.379 e. The van der Waals surface area contributed by atoms with Crippen molar-refractivity contribution in [3.63, 3.8) is 0 Å². The summed E-state index contributed by atoms with van der Waals surface area (Å²) in [5.41, 5.74) is 2.07. The molecule has 3 aliphatic rings. The summed E-state index contributed by atoms with van der Waals surface area (Å²) in [7, 11) is 0. The highest BCUT2D eigenvalue weighted by Gasteiger charge is 2.69. The maximum absolute atomic E-state index is 5.52. The second-order valence-corrected chi connectivity index (χ2v) is 5.98. The fraction of sp³-hybridized carbons (Fsp3) is 0.625. The van der Waals surface area contributed by atoms with Crippen molar-refractivity contribution in [1.82, 2.24) is 4.90 Å². The predicted octanol–water partition coefficient (Wildman–Crippen LogP) is 2.65. The number of benzene rings is 1. The second kappa shape index (κ2) is 4.07. The van der Waals surface area contributed by atoms with Gasteiger partial charge in [0.05, 0.1) is 13.2 Å². The molecule has 96 valence electrons. The van der Waals surface area contributed by atoms with Crippen molar-refractivity contribution in [2.75, 3.05) is 26.3 Å². The molecular weight excluding hydrogens is 222 g/mol. The van der Waals surface area contributed by atoms with E-state index < -0.39 is 0 Å². The van der Waals surface area contributed by atoms with E-state index in [1.807, 2.05) is 0 Å². The van der Waals surface area contributed by atoms with E-state index in [0.29, 0.717) is 5.54 Å². The van der Waals surface area contributed by atoms with E-state index in [1.54, 1.807) is 5.56 Å². The maximum Gasteiger partial charge on any atom is 0.0594 e. The van der Waals surface area contributed by atoms with E-state index in [-0.39, 0.29) is 0 Å². The highest BCUT2D eigenvalue weighted by Crippen LogP contribution is 2.69. The SMILES string of the molecule is c1ccc([C@@H]2[C@@H]3CCC[C@]23N2CCOCC2)cc1. The van der Waals surface area contributed by atoms with Crippen molar-refractivity contribution in [3.8, 4) is 0 Å². The summed E-state index contributed by atoms with van der Waals surface area (Å²) in [6, 6.07) is 11.2. The number of morpholine rings is 1. The molecule has 18 heavy (non-hydrogen) atoms. The van der Waals surface area contributed by atoms with Gasteiger partial charge in [0.25, 0.3) is 0 Å². The van der Waals surface area contributed by atoms with Crippen LogP contribution in [0, 0.1) is 5.92 Å². The van der Waals surface area contributed by atoms with Gasteiger partial charge in [0.1, 0.15) is 0 Å². The minimum atomic E-state index is 0.505. The van der Waals surface area contributed by atoms with Gasteiger partial charge in [-0.1, -0.05) is 36.8 Å². The zero-order chi connectivity index (χ0) is 12.0. The third-order valence-electron chi connectivity index (χ3n) is 5.32. The summed E-state index contributed by atoms with van der Waals surface area (Å²) in [5.74, 6) is 1.71. The zero-order valence-corrected chi connectivity index (χ0v) is 10.8. The van der Waals surface area contributed by atoms with E-state index in [1.165, 1.54) is 19.3 Å². The van der Waals surface area contributed by atoms with Crippen LogP contribution in [-0.2, 0) is 4.74 Å². The Morgan fingerprint density at radius 1 is 1.11 bits per heavy atom. The Labute approximate surface area is 109 Å². The molecule has 0 amide bonds. The summed E-state index contributed by atoms with van der Waals surface area (Å²) in [6.45, 7) is 4.13. The van der Waals surface area contributed by atoms with Crippen LogP contribution in [0.2, 0.25) is 0 Å². The van der Waals surface area contributed by atoms with Gasteiger partial charge in [-0.2, -0.15) is 0 Å². The van der Waals surface area contributed by atoms with Gasteiger partial charge in [-0.25, -0.2) is 0 Å². The largest absolute Gasteiger partial charge is 0.379 e. The lowest BCUT2D eigenvalue weighted by Crippen LogP contribution is -2.46. The molecule has 2 aliphatic carbocycles. The van der Waals surface area contributed by atoms with Crippen LogP contribution in [0.4, 0.5) is 0 Å². The lowest BCUT2D eigenvalue weighted by atomic mass is 9.99. The first-order valence-corrected chi connectivity index (χ1v) is 7.31. The smallest absolute Gasteiger partial charge is 0.0594 e. The van der Waals surface area contributed by atoms with Crippen molar-refractivity contribution in [2.24, 2.45) is 5.92 Å². The molecule has 2 heteroatoms. The molecule has 1 aliphatic heterocycles. The highest BCUT2D eigenvalue weighted by molar-refractivity contribution is 5.39. The van der Waals surface area contributed by atoms with Crippen LogP contribution in [0.5, 0.6) is 0 Å². The van der Waals surface area contributed by atoms with Crippen LogP contribution in [0.15, 0.2) is 30.3 Å². The fourth-order valence-corrected chi connectivity index (χ4v) is 4.62. The Balaban J connectivity index is 1.63. The topological polar surface area (TPSA) is 12.5 Å². The molecule has 3 atom stereocenters. The van der Waals surface area contributed by atoms with Crippen molar-refractivity contribution in [3.05, 3.63) is 35.9 Å². The van der Waals surface area contributed by atoms with E-state index in [0.717, 1.165) is 38.1 Å². The lowest BCUT2D eigenvalue weighted by Gasteiger charge is -2.35. The van der Waals surface area contributed by atoms with Gasteiger partial charge in [-0.15, -0.1) is 0 Å². The molecule has 2 saturated carbocycles. The van der Waals surface area contributed by atoms with Gasteiger partial charge < -0.3 is 4.74 Å². The van der Waals surface area contributed by atoms with Gasteiger partial charge in [0.15, 0.2) is 0 Å². The molecule has 1 aromatic rings. The molecule has 1 heterocycles. The van der Waals surface area contributed by atoms with Crippen LogP contribution in [0.25, 0.3) is 0 Å². The molecule has 1 saturated heterocycles. The number of nitrogens with zero attached hydrogens (tertiary/aromatic N) is 1. The van der Waals surface area contributed by atoms with Crippen LogP contribution >= 0.6 is 0 Å². The molecule has 0 spiro atoms. The van der Waals surface area contributed by atoms with Crippen LogP contribution in [0.1, 0.15) is 30.7 Å². The highest BCUT2D eigenvalue weighted by atomic mass is 16.5. The molecule has 0 N–H and O–H groups in total. The van der Waals surface area contributed by atoms with E-state index in [2.05, 4.69) is 35.2 Å². The predicted molar refractivity (Wildman–Crippen MR) is 71.6 cm³/mol. The summed E-state index contributed by atoms with van der Waals surface area (Å²) in [4.78, 5) is 2.74. The number of hydrogen-bond donors (Lipinski definition) is 0. The van der Waals surface area contributed by atoms with Crippen LogP contribution in [0.3, 0.4) is 0 Å². The van der Waals surface area contributed by atoms with Crippen LogP contribution in [-0.4, -0.2) is 36.7 Å². The van der Waals surface area contributed by atoms with E-state index in [9.17, 15) is 0 Å². The summed E-state index contributed by atoms with van der Waals surface area (Å²) in [5, 5.41) is 0. The Morgan fingerprint density at radius 3 is 2.67 bits per heavy atom. The molecule has 3 fully saturated rings. The number of fused-ring (bicyclic) bond motifs is 1. The molecule has 1 aromatic carbocycles. The fourth-order valence-electron chi connectivity index (χ4n) is 4.62. The minimum absolute atomic E-state index is 0.505. The molecule has 0 bridgehead atoms. The van der Waals surface area contributed by atoms with Gasteiger partial charge in [-0.3, -0.25) is 4.90 Å². The molecule has 0 aromatic heterocycles. The molecule has 4 rings (SSSR count). The average Bonchev–Trinajstić information content (AvgIpc) is 2.90. The van der Waals surface area contributed by atoms with Crippen molar-refractivity contribution in [2.45, 2.75) is 30.7 Å². The third-order valence-corrected chi connectivity index (χ3v) is 5.32. The lowest BCUT2D eigenvalue weighted by molar-refractivity contribution is 0.00609. The Bertz CT molecular complexity index is 426. The second-order valence-electron chi connectivity index (χ2n) is 5.98. The van der Waals surface area contributed by atoms with Gasteiger partial charge in [-0.05, 0) is 24.3 Å². The average molecular weight is 243 g/mol. The van der Waals surface area contributed by atoms with Crippen molar-refractivity contribution < 1.29 is 4.74 Å². The Morgan fingerprint density at radius 2 is 1.89 bits per heavy atom. The Hall–Kier alpha value is -0.860. The van der Waals surface area contributed by atoms with Gasteiger partial charge >= 0.3 is 0 Å². The first kappa shape index (κ1) is 11.0. The number of hydrogen-bond acceptors (Lipinski definition) is 2. The first-order chi connectivity index (χ1) is 8.93. The molecule has 0 radical (unpaired) electrons. The number of ether oxygens (including phenoxy) is 1. The van der Waals surface area contributed by atoms with E-state index >= 15 is 0 Å². The zero-order valence-electron chi connectivity index (χ0n) is 10.8. The summed E-state index contributed by atoms with van der Waals surface area (Å²) >= 11 is 0. The maximum atomic E-state index is 5.52. The monoisotopic (exact) mass is 243 g/mol. The normalized spacial score (nSPS) is 39.6. The quantitative estimate of drug-likeness (QED) is 0.792.